The number of anilines is 1. The number of hydrogen-bond acceptors (Lipinski definition) is 6. The first-order chi connectivity index (χ1) is 12.7. The van der Waals surface area contributed by atoms with Crippen molar-refractivity contribution in [3.05, 3.63) is 24.3 Å². The first kappa shape index (κ1) is 19.7. The molecule has 2 heterocycles. The summed E-state index contributed by atoms with van der Waals surface area (Å²) in [6.45, 7) is 6.22. The van der Waals surface area contributed by atoms with Gasteiger partial charge in [-0.3, -0.25) is 0 Å². The van der Waals surface area contributed by atoms with E-state index in [9.17, 15) is 8.42 Å². The van der Waals surface area contributed by atoms with Gasteiger partial charge in [0.25, 0.3) is 10.2 Å². The van der Waals surface area contributed by atoms with Crippen molar-refractivity contribution in [3.8, 4) is 11.4 Å². The van der Waals surface area contributed by atoms with Crippen molar-refractivity contribution in [3.63, 3.8) is 0 Å². The lowest BCUT2D eigenvalue weighted by Gasteiger charge is -2.29. The molecule has 9 nitrogen and oxygen atoms in total. The number of nitrogens with zero attached hydrogens (tertiary/aromatic N) is 4. The Morgan fingerprint density at radius 3 is 2.48 bits per heavy atom. The Morgan fingerprint density at radius 2 is 1.85 bits per heavy atom. The highest BCUT2D eigenvalue weighted by molar-refractivity contribution is 7.87. The molecule has 0 unspecified atom stereocenters. The topological polar surface area (TPSA) is 128 Å². The van der Waals surface area contributed by atoms with Crippen molar-refractivity contribution < 1.29 is 8.42 Å². The van der Waals surface area contributed by atoms with E-state index >= 15 is 0 Å². The zero-order chi connectivity index (χ0) is 19.6. The zero-order valence-corrected chi connectivity index (χ0v) is 16.7. The Morgan fingerprint density at radius 1 is 1.19 bits per heavy atom. The van der Waals surface area contributed by atoms with E-state index < -0.39 is 10.2 Å². The van der Waals surface area contributed by atoms with E-state index in [2.05, 4.69) is 43.4 Å². The summed E-state index contributed by atoms with van der Waals surface area (Å²) < 4.78 is 26.9. The molecule has 1 saturated carbocycles. The second-order valence-electron chi connectivity index (χ2n) is 7.28. The minimum absolute atomic E-state index is 0.103. The lowest BCUT2D eigenvalue weighted by Crippen LogP contribution is -2.43. The SMILES string of the molecule is Cc1ncc(-c2ccnc(N[C@H]3CC[C@H](NS(N)(=O)=O)CC3)n2)n1C(C)C. The number of hydrogen-bond donors (Lipinski definition) is 3. The molecule has 0 atom stereocenters. The highest BCUT2D eigenvalue weighted by Gasteiger charge is 2.24. The summed E-state index contributed by atoms with van der Waals surface area (Å²) in [4.78, 5) is 13.4. The molecule has 148 valence electrons. The standard InChI is InChI=1S/C17H27N7O2S/c1-11(2)24-12(3)20-10-16(24)15-8-9-19-17(22-15)21-13-4-6-14(7-5-13)23-27(18,25)26/h8-11,13-14,23H,4-7H2,1-3H3,(H2,18,25,26)(H,19,21,22)/t13-,14-. The first-order valence-electron chi connectivity index (χ1n) is 9.17. The van der Waals surface area contributed by atoms with Crippen LogP contribution >= 0.6 is 0 Å². The van der Waals surface area contributed by atoms with Crippen molar-refractivity contribution in [2.75, 3.05) is 5.32 Å². The fraction of sp³-hybridized carbons (Fsp3) is 0.588. The van der Waals surface area contributed by atoms with Crippen LogP contribution in [0.3, 0.4) is 0 Å². The van der Waals surface area contributed by atoms with E-state index in [1.165, 1.54) is 0 Å². The maximum absolute atomic E-state index is 11.1. The molecule has 3 rings (SSSR count). The molecule has 10 heteroatoms. The fourth-order valence-corrected chi connectivity index (χ4v) is 4.34. The summed E-state index contributed by atoms with van der Waals surface area (Å²) >= 11 is 0. The maximum Gasteiger partial charge on any atom is 0.274 e. The average Bonchev–Trinajstić information content (AvgIpc) is 2.97. The molecule has 1 aliphatic carbocycles. The molecule has 2 aromatic heterocycles. The molecule has 0 bridgehead atoms. The van der Waals surface area contributed by atoms with Gasteiger partial charge < -0.3 is 9.88 Å². The number of rotatable bonds is 6. The van der Waals surface area contributed by atoms with E-state index in [4.69, 9.17) is 5.14 Å². The zero-order valence-electron chi connectivity index (χ0n) is 15.9. The Hall–Kier alpha value is -2.04. The van der Waals surface area contributed by atoms with E-state index in [1.807, 2.05) is 19.2 Å². The predicted octanol–water partition coefficient (Wildman–Crippen LogP) is 1.75. The van der Waals surface area contributed by atoms with Gasteiger partial charge in [0.15, 0.2) is 0 Å². The van der Waals surface area contributed by atoms with Crippen LogP contribution in [0.2, 0.25) is 0 Å². The van der Waals surface area contributed by atoms with E-state index in [1.54, 1.807) is 6.20 Å². The van der Waals surface area contributed by atoms with Crippen molar-refractivity contribution in [1.29, 1.82) is 0 Å². The third-order valence-electron chi connectivity index (χ3n) is 4.81. The smallest absolute Gasteiger partial charge is 0.274 e. The first-order valence-corrected chi connectivity index (χ1v) is 10.7. The van der Waals surface area contributed by atoms with Gasteiger partial charge >= 0.3 is 0 Å². The number of aryl methyl sites for hydroxylation is 1. The Labute approximate surface area is 160 Å². The number of nitrogens with one attached hydrogen (secondary N) is 2. The van der Waals surface area contributed by atoms with Gasteiger partial charge in [0, 0.05) is 24.3 Å². The van der Waals surface area contributed by atoms with Crippen LogP contribution in [0, 0.1) is 6.92 Å². The molecule has 2 aromatic rings. The maximum atomic E-state index is 11.1. The molecule has 0 aromatic carbocycles. The molecular weight excluding hydrogens is 366 g/mol. The van der Waals surface area contributed by atoms with E-state index in [0.29, 0.717) is 5.95 Å². The number of imidazole rings is 1. The predicted molar refractivity (Wildman–Crippen MR) is 104 cm³/mol. The van der Waals surface area contributed by atoms with Crippen LogP contribution in [0.4, 0.5) is 5.95 Å². The van der Waals surface area contributed by atoms with Gasteiger partial charge in [0.05, 0.1) is 17.6 Å². The van der Waals surface area contributed by atoms with Gasteiger partial charge in [-0.05, 0) is 52.5 Å². The third kappa shape index (κ3) is 5.02. The van der Waals surface area contributed by atoms with Gasteiger partial charge in [-0.15, -0.1) is 0 Å². The van der Waals surface area contributed by atoms with E-state index in [-0.39, 0.29) is 18.1 Å². The molecule has 0 saturated heterocycles. The summed E-state index contributed by atoms with van der Waals surface area (Å²) in [5.74, 6) is 1.53. The van der Waals surface area contributed by atoms with Crippen LogP contribution in [0.5, 0.6) is 0 Å². The lowest BCUT2D eigenvalue weighted by molar-refractivity contribution is 0.386. The molecule has 0 amide bonds. The van der Waals surface area contributed by atoms with E-state index in [0.717, 1.165) is 42.9 Å². The quantitative estimate of drug-likeness (QED) is 0.686. The Bertz CT molecular complexity index is 886. The molecule has 0 radical (unpaired) electrons. The molecule has 1 fully saturated rings. The minimum atomic E-state index is -3.65. The summed E-state index contributed by atoms with van der Waals surface area (Å²) in [5, 5.41) is 8.42. The molecular formula is C17H27N7O2S. The largest absolute Gasteiger partial charge is 0.351 e. The van der Waals surface area contributed by atoms with Crippen LogP contribution < -0.4 is 15.2 Å². The Balaban J connectivity index is 1.67. The second kappa shape index (κ2) is 7.91. The van der Waals surface area contributed by atoms with Crippen LogP contribution in [0.1, 0.15) is 51.4 Å². The molecule has 0 spiro atoms. The summed E-state index contributed by atoms with van der Waals surface area (Å²) in [6, 6.07) is 2.27. The molecule has 27 heavy (non-hydrogen) atoms. The van der Waals surface area contributed by atoms with Crippen molar-refractivity contribution in [2.24, 2.45) is 5.14 Å². The molecule has 1 aliphatic rings. The minimum Gasteiger partial charge on any atom is -0.351 e. The second-order valence-corrected chi connectivity index (χ2v) is 8.60. The van der Waals surface area contributed by atoms with Gasteiger partial charge in [-0.2, -0.15) is 13.1 Å². The number of nitrogens with two attached hydrogens (primary N) is 1. The van der Waals surface area contributed by atoms with Gasteiger partial charge in [0.1, 0.15) is 5.82 Å². The highest BCUT2D eigenvalue weighted by Crippen LogP contribution is 2.25. The molecule has 0 aliphatic heterocycles. The summed E-state index contributed by atoms with van der Waals surface area (Å²) in [7, 11) is -3.65. The van der Waals surface area contributed by atoms with Crippen LogP contribution in [-0.4, -0.2) is 40.0 Å². The van der Waals surface area contributed by atoms with Gasteiger partial charge in [-0.1, -0.05) is 0 Å². The Kier molecular flexibility index (Phi) is 5.78. The van der Waals surface area contributed by atoms with Gasteiger partial charge in [-0.25, -0.2) is 20.1 Å². The van der Waals surface area contributed by atoms with Crippen LogP contribution in [0.25, 0.3) is 11.4 Å². The molecule has 4 N–H and O–H groups in total. The average molecular weight is 394 g/mol. The fourth-order valence-electron chi connectivity index (χ4n) is 3.64. The van der Waals surface area contributed by atoms with Crippen LogP contribution in [-0.2, 0) is 10.2 Å². The van der Waals surface area contributed by atoms with Crippen molar-refractivity contribution >= 4 is 16.2 Å². The summed E-state index contributed by atoms with van der Waals surface area (Å²) in [6.07, 6.45) is 6.69. The third-order valence-corrected chi connectivity index (χ3v) is 5.47. The number of aromatic nitrogens is 4. The van der Waals surface area contributed by atoms with Gasteiger partial charge in [0.2, 0.25) is 5.95 Å². The van der Waals surface area contributed by atoms with Crippen molar-refractivity contribution in [2.45, 2.75) is 64.6 Å². The van der Waals surface area contributed by atoms with Crippen LogP contribution in [0.15, 0.2) is 18.5 Å². The normalized spacial score (nSPS) is 20.8. The lowest BCUT2D eigenvalue weighted by atomic mass is 9.92. The van der Waals surface area contributed by atoms with Crippen molar-refractivity contribution in [1.82, 2.24) is 24.2 Å². The highest BCUT2D eigenvalue weighted by atomic mass is 32.2. The monoisotopic (exact) mass is 393 g/mol. The summed E-state index contributed by atoms with van der Waals surface area (Å²) in [5.41, 5.74) is 1.79.